The molecule has 1 aliphatic rings. The van der Waals surface area contributed by atoms with Crippen LogP contribution in [0.15, 0.2) is 84.9 Å². The Hall–Kier alpha value is -3.86. The average molecular weight is 452 g/mol. The molecule has 1 amide bonds. The molecule has 0 spiro atoms. The maximum absolute atomic E-state index is 13.1. The fourth-order valence-electron chi connectivity index (χ4n) is 4.66. The molecular formula is C29H29N3O2. The SMILES string of the molecule is COc1cccc(-c2cc(-c3ccc(C(=O)N4CCC(Cc5ccccc5)CC4)cc3)[nH]n2)c1. The smallest absolute Gasteiger partial charge is 0.253 e. The van der Waals surface area contributed by atoms with E-state index in [0.29, 0.717) is 5.92 Å². The van der Waals surface area contributed by atoms with E-state index in [9.17, 15) is 4.79 Å². The molecule has 1 aliphatic heterocycles. The zero-order chi connectivity index (χ0) is 23.3. The third-order valence-electron chi connectivity index (χ3n) is 6.66. The Bertz CT molecular complexity index is 1240. The molecule has 0 bridgehead atoms. The highest BCUT2D eigenvalue weighted by Crippen LogP contribution is 2.27. The molecule has 1 aromatic heterocycles. The topological polar surface area (TPSA) is 58.2 Å². The number of aromatic nitrogens is 2. The summed E-state index contributed by atoms with van der Waals surface area (Å²) in [5.41, 5.74) is 5.88. The Balaban J connectivity index is 1.21. The van der Waals surface area contributed by atoms with Crippen molar-refractivity contribution in [3.8, 4) is 28.3 Å². The van der Waals surface area contributed by atoms with Gasteiger partial charge in [0, 0.05) is 24.2 Å². The highest BCUT2D eigenvalue weighted by Gasteiger charge is 2.23. The van der Waals surface area contributed by atoms with Gasteiger partial charge in [0.25, 0.3) is 5.91 Å². The lowest BCUT2D eigenvalue weighted by Gasteiger charge is -2.32. The molecule has 3 aromatic carbocycles. The van der Waals surface area contributed by atoms with Crippen LogP contribution < -0.4 is 4.74 Å². The number of hydrogen-bond acceptors (Lipinski definition) is 3. The van der Waals surface area contributed by atoms with Crippen molar-refractivity contribution in [3.63, 3.8) is 0 Å². The Morgan fingerprint density at radius 1 is 0.941 bits per heavy atom. The number of hydrogen-bond donors (Lipinski definition) is 1. The van der Waals surface area contributed by atoms with Gasteiger partial charge in [-0.05, 0) is 66.6 Å². The van der Waals surface area contributed by atoms with Crippen molar-refractivity contribution < 1.29 is 9.53 Å². The second-order valence-electron chi connectivity index (χ2n) is 8.90. The largest absolute Gasteiger partial charge is 0.497 e. The van der Waals surface area contributed by atoms with Gasteiger partial charge in [0.1, 0.15) is 5.75 Å². The molecule has 34 heavy (non-hydrogen) atoms. The molecule has 1 N–H and O–H groups in total. The molecule has 0 atom stereocenters. The Labute approximate surface area is 200 Å². The van der Waals surface area contributed by atoms with E-state index in [-0.39, 0.29) is 5.91 Å². The normalized spacial score (nSPS) is 14.2. The summed E-state index contributed by atoms with van der Waals surface area (Å²) in [6, 6.07) is 28.3. The Morgan fingerprint density at radius 3 is 2.44 bits per heavy atom. The third kappa shape index (κ3) is 4.88. The summed E-state index contributed by atoms with van der Waals surface area (Å²) in [5.74, 6) is 1.56. The number of benzene rings is 3. The van der Waals surface area contributed by atoms with Gasteiger partial charge in [-0.2, -0.15) is 5.10 Å². The second kappa shape index (κ2) is 9.96. The van der Waals surface area contributed by atoms with Crippen LogP contribution >= 0.6 is 0 Å². The van der Waals surface area contributed by atoms with E-state index < -0.39 is 0 Å². The number of nitrogens with one attached hydrogen (secondary N) is 1. The molecule has 0 radical (unpaired) electrons. The summed E-state index contributed by atoms with van der Waals surface area (Å²) >= 11 is 0. The van der Waals surface area contributed by atoms with Crippen molar-refractivity contribution in [2.75, 3.05) is 20.2 Å². The van der Waals surface area contributed by atoms with Gasteiger partial charge in [0.2, 0.25) is 0 Å². The molecule has 1 saturated heterocycles. The maximum Gasteiger partial charge on any atom is 0.253 e. The van der Waals surface area contributed by atoms with Gasteiger partial charge < -0.3 is 9.64 Å². The molecule has 5 nitrogen and oxygen atoms in total. The number of carbonyl (C=O) groups excluding carboxylic acids is 1. The summed E-state index contributed by atoms with van der Waals surface area (Å²) in [4.78, 5) is 15.0. The molecular weight excluding hydrogens is 422 g/mol. The number of piperidine rings is 1. The number of likely N-dealkylation sites (tertiary alicyclic amines) is 1. The van der Waals surface area contributed by atoms with Crippen LogP contribution in [0, 0.1) is 5.92 Å². The van der Waals surface area contributed by atoms with Gasteiger partial charge in [-0.25, -0.2) is 0 Å². The first kappa shape index (κ1) is 22.0. The van der Waals surface area contributed by atoms with Gasteiger partial charge >= 0.3 is 0 Å². The van der Waals surface area contributed by atoms with E-state index >= 15 is 0 Å². The minimum Gasteiger partial charge on any atom is -0.497 e. The second-order valence-corrected chi connectivity index (χ2v) is 8.90. The van der Waals surface area contributed by atoms with Crippen LogP contribution in [0.2, 0.25) is 0 Å². The zero-order valence-electron chi connectivity index (χ0n) is 19.4. The first-order valence-electron chi connectivity index (χ1n) is 11.8. The van der Waals surface area contributed by atoms with Crippen LogP contribution in [-0.2, 0) is 6.42 Å². The number of aromatic amines is 1. The molecule has 4 aromatic rings. The highest BCUT2D eigenvalue weighted by molar-refractivity contribution is 5.94. The number of ether oxygens (including phenoxy) is 1. The van der Waals surface area contributed by atoms with E-state index in [4.69, 9.17) is 4.74 Å². The fourth-order valence-corrected chi connectivity index (χ4v) is 4.66. The van der Waals surface area contributed by atoms with E-state index in [1.807, 2.05) is 59.5 Å². The fraction of sp³-hybridized carbons (Fsp3) is 0.241. The van der Waals surface area contributed by atoms with Gasteiger partial charge in [-0.3, -0.25) is 9.89 Å². The standard InChI is InChI=1S/C29H29N3O2/c1-34-26-9-5-8-25(19-26)28-20-27(30-31-28)23-10-12-24(13-11-23)29(33)32-16-14-22(15-17-32)18-21-6-3-2-4-7-21/h2-13,19-20,22H,14-18H2,1H3,(H,30,31). The predicted octanol–water partition coefficient (Wildman–Crippen LogP) is 5.85. The zero-order valence-corrected chi connectivity index (χ0v) is 19.4. The van der Waals surface area contributed by atoms with E-state index in [2.05, 4.69) is 40.5 Å². The van der Waals surface area contributed by atoms with Crippen molar-refractivity contribution in [1.82, 2.24) is 15.1 Å². The molecule has 5 rings (SSSR count). The summed E-state index contributed by atoms with van der Waals surface area (Å²) < 4.78 is 5.31. The maximum atomic E-state index is 13.1. The first-order chi connectivity index (χ1) is 16.7. The van der Waals surface area contributed by atoms with E-state index in [1.165, 1.54) is 5.56 Å². The highest BCUT2D eigenvalue weighted by atomic mass is 16.5. The van der Waals surface area contributed by atoms with Crippen molar-refractivity contribution in [3.05, 3.63) is 96.1 Å². The van der Waals surface area contributed by atoms with Gasteiger partial charge in [0.15, 0.2) is 0 Å². The molecule has 0 saturated carbocycles. The Kier molecular flexibility index (Phi) is 6.43. The van der Waals surface area contributed by atoms with Crippen molar-refractivity contribution in [1.29, 1.82) is 0 Å². The summed E-state index contributed by atoms with van der Waals surface area (Å²) in [5, 5.41) is 7.56. The van der Waals surface area contributed by atoms with Crippen LogP contribution in [0.4, 0.5) is 0 Å². The number of carbonyl (C=O) groups is 1. The summed E-state index contributed by atoms with van der Waals surface area (Å²) in [7, 11) is 1.66. The molecule has 0 unspecified atom stereocenters. The van der Waals surface area contributed by atoms with Gasteiger partial charge in [-0.15, -0.1) is 0 Å². The van der Waals surface area contributed by atoms with Crippen LogP contribution in [0.5, 0.6) is 5.75 Å². The van der Waals surface area contributed by atoms with Crippen LogP contribution in [0.25, 0.3) is 22.5 Å². The number of rotatable bonds is 6. The number of methoxy groups -OCH3 is 1. The molecule has 1 fully saturated rings. The minimum atomic E-state index is 0.117. The van der Waals surface area contributed by atoms with E-state index in [0.717, 1.165) is 66.2 Å². The predicted molar refractivity (Wildman–Crippen MR) is 135 cm³/mol. The number of nitrogens with zero attached hydrogens (tertiary/aromatic N) is 2. The number of H-pyrrole nitrogens is 1. The summed E-state index contributed by atoms with van der Waals surface area (Å²) in [6.07, 6.45) is 3.21. The van der Waals surface area contributed by atoms with Gasteiger partial charge in [0.05, 0.1) is 18.5 Å². The lowest BCUT2D eigenvalue weighted by atomic mass is 9.90. The molecule has 172 valence electrons. The molecule has 2 heterocycles. The average Bonchev–Trinajstić information content (AvgIpc) is 3.40. The third-order valence-corrected chi connectivity index (χ3v) is 6.66. The molecule has 0 aliphatic carbocycles. The molecule has 5 heteroatoms. The van der Waals surface area contributed by atoms with Crippen molar-refractivity contribution in [2.45, 2.75) is 19.3 Å². The van der Waals surface area contributed by atoms with E-state index in [1.54, 1.807) is 7.11 Å². The summed E-state index contributed by atoms with van der Waals surface area (Å²) in [6.45, 7) is 1.64. The van der Waals surface area contributed by atoms with Gasteiger partial charge in [-0.1, -0.05) is 54.6 Å². The van der Waals surface area contributed by atoms with Crippen LogP contribution in [-0.4, -0.2) is 41.2 Å². The minimum absolute atomic E-state index is 0.117. The van der Waals surface area contributed by atoms with Crippen molar-refractivity contribution in [2.24, 2.45) is 5.92 Å². The van der Waals surface area contributed by atoms with Crippen LogP contribution in [0.1, 0.15) is 28.8 Å². The monoisotopic (exact) mass is 451 g/mol. The lowest BCUT2D eigenvalue weighted by Crippen LogP contribution is -2.38. The van der Waals surface area contributed by atoms with Crippen LogP contribution in [0.3, 0.4) is 0 Å². The van der Waals surface area contributed by atoms with Crippen molar-refractivity contribution >= 4 is 5.91 Å². The Morgan fingerprint density at radius 2 is 1.71 bits per heavy atom. The lowest BCUT2D eigenvalue weighted by molar-refractivity contribution is 0.0690. The quantitative estimate of drug-likeness (QED) is 0.400. The first-order valence-corrected chi connectivity index (χ1v) is 11.8. The number of amides is 1.